The van der Waals surface area contributed by atoms with E-state index in [-0.39, 0.29) is 30.3 Å². The molecule has 1 saturated heterocycles. The number of halogens is 1. The van der Waals surface area contributed by atoms with Crippen LogP contribution in [-0.4, -0.2) is 56.2 Å². The highest BCUT2D eigenvalue weighted by atomic mass is 32.2. The van der Waals surface area contributed by atoms with Gasteiger partial charge in [-0.2, -0.15) is 0 Å². The summed E-state index contributed by atoms with van der Waals surface area (Å²) in [6, 6.07) is 22.0. The monoisotopic (exact) mass is 666 g/mol. The molecule has 3 aromatic rings. The number of aliphatic hydroxyl groups is 1. The molecule has 1 heterocycles. The number of hydrogen-bond donors (Lipinski definition) is 1. The Balaban J connectivity index is 1.50. The first-order valence-electron chi connectivity index (χ1n) is 16.4. The van der Waals surface area contributed by atoms with E-state index < -0.39 is 22.1 Å². The topological polar surface area (TPSA) is 104 Å². The molecule has 1 N–H and O–H groups in total. The summed E-state index contributed by atoms with van der Waals surface area (Å²) < 4.78 is 43.9. The Labute approximate surface area is 278 Å². The van der Waals surface area contributed by atoms with Crippen LogP contribution in [-0.2, 0) is 37.2 Å². The second-order valence-corrected chi connectivity index (χ2v) is 14.6. The molecule has 3 atom stereocenters. The van der Waals surface area contributed by atoms with Gasteiger partial charge in [0.25, 0.3) is 0 Å². The first-order valence-corrected chi connectivity index (χ1v) is 18.3. The highest BCUT2D eigenvalue weighted by Gasteiger charge is 2.48. The summed E-state index contributed by atoms with van der Waals surface area (Å²) in [5.41, 5.74) is 4.78. The minimum absolute atomic E-state index is 0.00818. The van der Waals surface area contributed by atoms with E-state index in [4.69, 9.17) is 9.84 Å². The van der Waals surface area contributed by atoms with Crippen molar-refractivity contribution in [3.8, 4) is 0 Å². The predicted octanol–water partition coefficient (Wildman–Crippen LogP) is 6.53. The van der Waals surface area contributed by atoms with Gasteiger partial charge < -0.3 is 14.7 Å². The number of ether oxygens (including phenoxy) is 1. The van der Waals surface area contributed by atoms with Crippen LogP contribution in [0, 0.1) is 11.7 Å². The number of aryl methyl sites for hydroxylation is 2. The van der Waals surface area contributed by atoms with Crippen molar-refractivity contribution in [2.45, 2.75) is 76.9 Å². The van der Waals surface area contributed by atoms with Crippen LogP contribution in [0.3, 0.4) is 0 Å². The Hall–Kier alpha value is -3.60. The molecule has 1 amide bonds. The molecule has 0 aromatic heterocycles. The van der Waals surface area contributed by atoms with Crippen molar-refractivity contribution < 1.29 is 32.2 Å². The maximum absolute atomic E-state index is 13.8. The Morgan fingerprint density at radius 2 is 1.51 bits per heavy atom. The molecule has 0 spiro atoms. The number of rotatable bonds is 18. The van der Waals surface area contributed by atoms with Gasteiger partial charge in [-0.3, -0.25) is 9.59 Å². The molecule has 0 saturated carbocycles. The highest BCUT2D eigenvalue weighted by molar-refractivity contribution is 7.88. The SMILES string of the molecule is CC(=O)O[C@@H](CCC1C(=O)N(c2ccc(CCCN(C)S(C)(=O)=O)cc2)[C@@H]1c1ccc(CCCCCCO)cc1)c1ccc(F)cc1. The standard InChI is InChI=1S/C37H47FN2O6S/c1-27(42)46-35(30-17-19-32(38)20-18-30)24-23-34-36(31-15-11-28(12-16-31)9-6-4-5-7-26-41)40(37(34)43)33-21-13-29(14-22-33)10-8-25-39(2)47(3,44)45/h11-22,34-36,41H,4-10,23-26H2,1-3H3/t34?,35-,36+/m0/s1. The quantitative estimate of drug-likeness (QED) is 0.0941. The minimum Gasteiger partial charge on any atom is -0.458 e. The van der Waals surface area contributed by atoms with E-state index in [2.05, 4.69) is 24.3 Å². The number of aliphatic hydroxyl groups excluding tert-OH is 1. The van der Waals surface area contributed by atoms with Gasteiger partial charge in [0.2, 0.25) is 15.9 Å². The summed E-state index contributed by atoms with van der Waals surface area (Å²) in [6.45, 7) is 2.00. The van der Waals surface area contributed by atoms with Crippen molar-refractivity contribution in [3.05, 3.63) is 101 Å². The van der Waals surface area contributed by atoms with Crippen LogP contribution in [0.15, 0.2) is 72.8 Å². The molecule has 47 heavy (non-hydrogen) atoms. The summed E-state index contributed by atoms with van der Waals surface area (Å²) >= 11 is 0. The fraction of sp³-hybridized carbons (Fsp3) is 0.459. The van der Waals surface area contributed by atoms with Crippen LogP contribution in [0.2, 0.25) is 0 Å². The average molecular weight is 667 g/mol. The fourth-order valence-corrected chi connectivity index (χ4v) is 6.63. The zero-order valence-electron chi connectivity index (χ0n) is 27.6. The molecular formula is C37H47FN2O6S. The van der Waals surface area contributed by atoms with E-state index >= 15 is 0 Å². The van der Waals surface area contributed by atoms with Crippen molar-refractivity contribution in [1.29, 1.82) is 0 Å². The molecular weight excluding hydrogens is 619 g/mol. The molecule has 10 heteroatoms. The number of carbonyl (C=O) groups is 2. The number of nitrogens with zero attached hydrogens (tertiary/aromatic N) is 2. The average Bonchev–Trinajstić information content (AvgIpc) is 3.04. The van der Waals surface area contributed by atoms with Crippen LogP contribution in [0.1, 0.15) is 86.3 Å². The molecule has 0 aliphatic carbocycles. The number of esters is 1. The molecule has 1 aliphatic rings. The van der Waals surface area contributed by atoms with Gasteiger partial charge in [-0.05, 0) is 91.5 Å². The van der Waals surface area contributed by atoms with Crippen LogP contribution < -0.4 is 4.90 Å². The summed E-state index contributed by atoms with van der Waals surface area (Å²) in [5, 5.41) is 9.02. The first-order chi connectivity index (χ1) is 22.5. The minimum atomic E-state index is -3.22. The Morgan fingerprint density at radius 1 is 0.915 bits per heavy atom. The van der Waals surface area contributed by atoms with Gasteiger partial charge in [0.1, 0.15) is 11.9 Å². The van der Waals surface area contributed by atoms with Crippen LogP contribution in [0.4, 0.5) is 10.1 Å². The molecule has 8 nitrogen and oxygen atoms in total. The van der Waals surface area contributed by atoms with E-state index in [1.165, 1.54) is 35.2 Å². The van der Waals surface area contributed by atoms with Gasteiger partial charge in [-0.15, -0.1) is 0 Å². The molecule has 1 fully saturated rings. The van der Waals surface area contributed by atoms with Gasteiger partial charge in [0.05, 0.1) is 18.2 Å². The summed E-state index contributed by atoms with van der Waals surface area (Å²) in [4.78, 5) is 27.5. The molecule has 1 aliphatic heterocycles. The zero-order valence-corrected chi connectivity index (χ0v) is 28.4. The lowest BCUT2D eigenvalue weighted by atomic mass is 9.78. The lowest BCUT2D eigenvalue weighted by molar-refractivity contribution is -0.147. The number of sulfonamides is 1. The first kappa shape index (κ1) is 36.2. The smallest absolute Gasteiger partial charge is 0.303 e. The van der Waals surface area contributed by atoms with Crippen molar-refractivity contribution >= 4 is 27.6 Å². The van der Waals surface area contributed by atoms with Crippen LogP contribution >= 0.6 is 0 Å². The van der Waals surface area contributed by atoms with Crippen LogP contribution in [0.5, 0.6) is 0 Å². The lowest BCUT2D eigenvalue weighted by Crippen LogP contribution is -2.55. The predicted molar refractivity (Wildman–Crippen MR) is 182 cm³/mol. The third-order valence-electron chi connectivity index (χ3n) is 8.92. The number of hydrogen-bond acceptors (Lipinski definition) is 6. The van der Waals surface area contributed by atoms with E-state index in [9.17, 15) is 22.4 Å². The number of β-lactam (4-membered cyclic amide) rings is 1. The third-order valence-corrected chi connectivity index (χ3v) is 10.2. The molecule has 3 aromatic carbocycles. The number of unbranched alkanes of at least 4 members (excludes halogenated alkanes) is 3. The van der Waals surface area contributed by atoms with Crippen molar-refractivity contribution in [2.24, 2.45) is 5.92 Å². The Kier molecular flexibility index (Phi) is 13.1. The molecule has 4 rings (SSSR count). The van der Waals surface area contributed by atoms with Gasteiger partial charge in [0.15, 0.2) is 0 Å². The summed E-state index contributed by atoms with van der Waals surface area (Å²) in [6.07, 6.45) is 7.80. The number of carbonyl (C=O) groups excluding carboxylic acids is 2. The second-order valence-electron chi connectivity index (χ2n) is 12.5. The van der Waals surface area contributed by atoms with E-state index in [1.807, 2.05) is 29.2 Å². The maximum Gasteiger partial charge on any atom is 0.303 e. The van der Waals surface area contributed by atoms with Crippen molar-refractivity contribution in [1.82, 2.24) is 4.31 Å². The van der Waals surface area contributed by atoms with Crippen molar-refractivity contribution in [2.75, 3.05) is 31.4 Å². The fourth-order valence-electron chi connectivity index (χ4n) is 6.17. The lowest BCUT2D eigenvalue weighted by Gasteiger charge is -2.48. The van der Waals surface area contributed by atoms with E-state index in [0.29, 0.717) is 37.8 Å². The second kappa shape index (κ2) is 17.0. The van der Waals surface area contributed by atoms with E-state index in [0.717, 1.165) is 48.9 Å². The van der Waals surface area contributed by atoms with Gasteiger partial charge in [0, 0.05) is 32.8 Å². The highest BCUT2D eigenvalue weighted by Crippen LogP contribution is 2.46. The van der Waals surface area contributed by atoms with Crippen molar-refractivity contribution in [3.63, 3.8) is 0 Å². The Bertz CT molecular complexity index is 1560. The Morgan fingerprint density at radius 3 is 2.11 bits per heavy atom. The van der Waals surface area contributed by atoms with Crippen LogP contribution in [0.25, 0.3) is 0 Å². The molecule has 0 radical (unpaired) electrons. The maximum atomic E-state index is 13.8. The van der Waals surface area contributed by atoms with Gasteiger partial charge in [-0.1, -0.05) is 61.4 Å². The van der Waals surface area contributed by atoms with Gasteiger partial charge in [-0.25, -0.2) is 17.1 Å². The number of benzene rings is 3. The number of amides is 1. The normalized spacial score (nSPS) is 17.1. The molecule has 0 bridgehead atoms. The third kappa shape index (κ3) is 10.2. The molecule has 1 unspecified atom stereocenters. The largest absolute Gasteiger partial charge is 0.458 e. The zero-order chi connectivity index (χ0) is 34.0. The van der Waals surface area contributed by atoms with E-state index in [1.54, 1.807) is 19.2 Å². The molecule has 254 valence electrons. The summed E-state index contributed by atoms with van der Waals surface area (Å²) in [7, 11) is -1.65. The number of anilines is 1. The van der Waals surface area contributed by atoms with Gasteiger partial charge >= 0.3 is 5.97 Å². The summed E-state index contributed by atoms with van der Waals surface area (Å²) in [5.74, 6) is -1.15.